The molecule has 1 N–H and O–H groups in total. The second-order valence-corrected chi connectivity index (χ2v) is 7.80. The van der Waals surface area contributed by atoms with Crippen LogP contribution in [-0.2, 0) is 17.6 Å². The molecule has 1 aliphatic heterocycles. The van der Waals surface area contributed by atoms with Crippen LogP contribution in [0.25, 0.3) is 11.0 Å². The Morgan fingerprint density at radius 1 is 1.22 bits per heavy atom. The molecule has 2 aliphatic rings. The molecule has 1 fully saturated rings. The van der Waals surface area contributed by atoms with Crippen molar-refractivity contribution in [3.63, 3.8) is 0 Å². The van der Waals surface area contributed by atoms with E-state index in [0.29, 0.717) is 17.9 Å². The minimum Gasteiger partial charge on any atom is -0.491 e. The average molecular weight is 373 g/mol. The highest BCUT2D eigenvalue weighted by atomic mass is 16.5. The van der Waals surface area contributed by atoms with Gasteiger partial charge in [0.1, 0.15) is 24.0 Å². The highest BCUT2D eigenvalue weighted by Gasteiger charge is 2.24. The first-order valence-electron chi connectivity index (χ1n) is 9.77. The summed E-state index contributed by atoms with van der Waals surface area (Å²) in [7, 11) is 0. The number of nitrogens with zero attached hydrogens (tertiary/aromatic N) is 1. The summed E-state index contributed by atoms with van der Waals surface area (Å²) >= 11 is 0. The van der Waals surface area contributed by atoms with Crippen LogP contribution in [0.1, 0.15) is 31.4 Å². The Labute approximate surface area is 158 Å². The second kappa shape index (κ2) is 7.62. The predicted octanol–water partition coefficient (Wildman–Crippen LogP) is 2.13. The lowest BCUT2D eigenvalue weighted by Crippen LogP contribution is -2.48. The summed E-state index contributed by atoms with van der Waals surface area (Å²) in [5, 5.41) is 11.3. The lowest BCUT2D eigenvalue weighted by Gasteiger charge is -2.36. The van der Waals surface area contributed by atoms with E-state index in [1.165, 1.54) is 0 Å². The zero-order chi connectivity index (χ0) is 19.0. The van der Waals surface area contributed by atoms with Crippen LogP contribution in [0.3, 0.4) is 0 Å². The maximum atomic E-state index is 12.1. The lowest BCUT2D eigenvalue weighted by molar-refractivity contribution is -0.0786. The van der Waals surface area contributed by atoms with Crippen molar-refractivity contribution in [3.8, 4) is 5.75 Å². The van der Waals surface area contributed by atoms with Crippen LogP contribution in [0.2, 0.25) is 0 Å². The van der Waals surface area contributed by atoms with Gasteiger partial charge in [0.15, 0.2) is 0 Å². The van der Waals surface area contributed by atoms with Gasteiger partial charge in [-0.05, 0) is 50.8 Å². The first-order valence-corrected chi connectivity index (χ1v) is 9.77. The van der Waals surface area contributed by atoms with Crippen molar-refractivity contribution in [2.45, 2.75) is 51.4 Å². The third-order valence-electron chi connectivity index (χ3n) is 5.35. The first kappa shape index (κ1) is 18.5. The van der Waals surface area contributed by atoms with E-state index in [2.05, 4.69) is 4.90 Å². The molecule has 1 aromatic carbocycles. The van der Waals surface area contributed by atoms with Crippen LogP contribution in [0.15, 0.2) is 27.4 Å². The molecular formula is C21H27NO5. The number of fused-ring (bicyclic) bond motifs is 3. The number of aryl methyl sites for hydroxylation is 1. The summed E-state index contributed by atoms with van der Waals surface area (Å²) < 4.78 is 17.0. The molecule has 2 aromatic rings. The minimum atomic E-state index is -0.592. The number of morpholine rings is 1. The predicted molar refractivity (Wildman–Crippen MR) is 102 cm³/mol. The van der Waals surface area contributed by atoms with Crippen molar-refractivity contribution in [2.24, 2.45) is 0 Å². The Balaban J connectivity index is 1.40. The molecule has 3 atom stereocenters. The maximum absolute atomic E-state index is 12.1. The Morgan fingerprint density at radius 2 is 1.96 bits per heavy atom. The molecule has 6 heteroatoms. The van der Waals surface area contributed by atoms with E-state index in [0.717, 1.165) is 48.9 Å². The molecule has 146 valence electrons. The van der Waals surface area contributed by atoms with Gasteiger partial charge >= 0.3 is 5.63 Å². The second-order valence-electron chi connectivity index (χ2n) is 7.80. The van der Waals surface area contributed by atoms with Crippen LogP contribution < -0.4 is 10.4 Å². The summed E-state index contributed by atoms with van der Waals surface area (Å²) in [6, 6.07) is 5.59. The molecule has 0 saturated carbocycles. The van der Waals surface area contributed by atoms with Crippen molar-refractivity contribution >= 4 is 11.0 Å². The van der Waals surface area contributed by atoms with Crippen molar-refractivity contribution < 1.29 is 19.0 Å². The number of benzene rings is 1. The van der Waals surface area contributed by atoms with Gasteiger partial charge in [-0.3, -0.25) is 4.90 Å². The Hall–Kier alpha value is -1.89. The zero-order valence-electron chi connectivity index (χ0n) is 15.9. The summed E-state index contributed by atoms with van der Waals surface area (Å²) in [5.41, 5.74) is 2.26. The highest BCUT2D eigenvalue weighted by molar-refractivity contribution is 5.83. The van der Waals surface area contributed by atoms with Gasteiger partial charge in [-0.1, -0.05) is 0 Å². The van der Waals surface area contributed by atoms with Gasteiger partial charge in [0.05, 0.1) is 12.2 Å². The van der Waals surface area contributed by atoms with Crippen LogP contribution in [0.4, 0.5) is 0 Å². The normalized spacial score (nSPS) is 24.1. The Kier molecular flexibility index (Phi) is 5.21. The molecule has 0 bridgehead atoms. The van der Waals surface area contributed by atoms with E-state index in [1.54, 1.807) is 6.07 Å². The van der Waals surface area contributed by atoms with Crippen LogP contribution in [0.5, 0.6) is 5.75 Å². The Morgan fingerprint density at radius 3 is 2.74 bits per heavy atom. The topological polar surface area (TPSA) is 72.1 Å². The van der Waals surface area contributed by atoms with Crippen molar-refractivity contribution in [1.82, 2.24) is 4.90 Å². The molecular weight excluding hydrogens is 346 g/mol. The smallest absolute Gasteiger partial charge is 0.339 e. The van der Waals surface area contributed by atoms with Crippen molar-refractivity contribution in [1.29, 1.82) is 0 Å². The largest absolute Gasteiger partial charge is 0.491 e. The molecule has 1 aromatic heterocycles. The van der Waals surface area contributed by atoms with Crippen LogP contribution in [0, 0.1) is 0 Å². The number of rotatable bonds is 5. The maximum Gasteiger partial charge on any atom is 0.339 e. The van der Waals surface area contributed by atoms with Gasteiger partial charge in [-0.2, -0.15) is 0 Å². The standard InChI is InChI=1S/C21H27NO5/c1-13-9-22(10-14(2)26-13)11-15(23)12-25-16-6-7-18-17-4-3-5-19(17)21(24)27-20(18)8-16/h6-8,13-15,23H,3-5,9-12H2,1-2H3. The molecule has 1 aliphatic carbocycles. The lowest BCUT2D eigenvalue weighted by atomic mass is 10.1. The highest BCUT2D eigenvalue weighted by Crippen LogP contribution is 2.29. The number of aliphatic hydroxyl groups excluding tert-OH is 1. The van der Waals surface area contributed by atoms with Crippen LogP contribution >= 0.6 is 0 Å². The summed E-state index contributed by atoms with van der Waals surface area (Å²) in [6.45, 7) is 6.46. The summed E-state index contributed by atoms with van der Waals surface area (Å²) in [4.78, 5) is 14.3. The molecule has 0 amide bonds. The summed E-state index contributed by atoms with van der Waals surface area (Å²) in [5.74, 6) is 0.603. The molecule has 6 nitrogen and oxygen atoms in total. The van der Waals surface area contributed by atoms with E-state index in [4.69, 9.17) is 13.9 Å². The van der Waals surface area contributed by atoms with Crippen LogP contribution in [-0.4, -0.2) is 54.6 Å². The van der Waals surface area contributed by atoms with Gasteiger partial charge < -0.3 is 19.0 Å². The fraction of sp³-hybridized carbons (Fsp3) is 0.571. The van der Waals surface area contributed by atoms with Crippen molar-refractivity contribution in [2.75, 3.05) is 26.2 Å². The van der Waals surface area contributed by atoms with E-state index in [9.17, 15) is 9.90 Å². The number of ether oxygens (including phenoxy) is 2. The van der Waals surface area contributed by atoms with Gasteiger partial charge in [0.25, 0.3) is 0 Å². The number of hydrogen-bond acceptors (Lipinski definition) is 6. The van der Waals surface area contributed by atoms with Gasteiger partial charge in [-0.15, -0.1) is 0 Å². The van der Waals surface area contributed by atoms with Gasteiger partial charge in [0.2, 0.25) is 0 Å². The molecule has 2 heterocycles. The molecule has 0 spiro atoms. The SMILES string of the molecule is CC1CN(CC(O)COc2ccc3c4c(c(=O)oc3c2)CCC4)CC(C)O1. The van der Waals surface area contributed by atoms with E-state index in [1.807, 2.05) is 26.0 Å². The average Bonchev–Trinajstić information content (AvgIpc) is 3.09. The summed E-state index contributed by atoms with van der Waals surface area (Å²) in [6.07, 6.45) is 2.48. The fourth-order valence-corrected chi connectivity index (χ4v) is 4.33. The third-order valence-corrected chi connectivity index (χ3v) is 5.35. The third kappa shape index (κ3) is 4.03. The van der Waals surface area contributed by atoms with E-state index >= 15 is 0 Å². The first-order chi connectivity index (χ1) is 13.0. The van der Waals surface area contributed by atoms with E-state index < -0.39 is 6.10 Å². The number of β-amino-alcohol motifs (C(OH)–C–C–N with tert-alkyl or cyclic N) is 1. The Bertz CT molecular complexity index is 867. The number of aliphatic hydroxyl groups is 1. The zero-order valence-corrected chi connectivity index (χ0v) is 15.9. The quantitative estimate of drug-likeness (QED) is 0.810. The van der Waals surface area contributed by atoms with E-state index in [-0.39, 0.29) is 24.4 Å². The molecule has 1 saturated heterocycles. The molecule has 4 rings (SSSR count). The molecule has 3 unspecified atom stereocenters. The molecule has 0 radical (unpaired) electrons. The van der Waals surface area contributed by atoms with Crippen molar-refractivity contribution in [3.05, 3.63) is 39.7 Å². The fourth-order valence-electron chi connectivity index (χ4n) is 4.33. The minimum absolute atomic E-state index is 0.173. The molecule has 27 heavy (non-hydrogen) atoms. The monoisotopic (exact) mass is 373 g/mol. The van der Waals surface area contributed by atoms with Gasteiger partial charge in [-0.25, -0.2) is 4.79 Å². The van der Waals surface area contributed by atoms with Gasteiger partial charge in [0, 0.05) is 36.7 Å². The number of hydrogen-bond donors (Lipinski definition) is 1.